The van der Waals surface area contributed by atoms with Gasteiger partial charge in [0, 0.05) is 12.5 Å². The Bertz CT molecular complexity index is 563. The fraction of sp³-hybridized carbons (Fsp3) is 0.429. The molecule has 0 spiro atoms. The predicted molar refractivity (Wildman–Crippen MR) is 70.1 cm³/mol. The van der Waals surface area contributed by atoms with E-state index in [-0.39, 0.29) is 18.3 Å². The summed E-state index contributed by atoms with van der Waals surface area (Å²) in [4.78, 5) is 4.17. The monoisotopic (exact) mass is 263 g/mol. The van der Waals surface area contributed by atoms with Crippen LogP contribution in [-0.4, -0.2) is 19.9 Å². The van der Waals surface area contributed by atoms with E-state index in [4.69, 9.17) is 0 Å². The maximum atomic E-state index is 13.2. The number of nitrogens with zero attached hydrogens (tertiary/aromatic N) is 3. The summed E-state index contributed by atoms with van der Waals surface area (Å²) < 4.78 is 15.0. The molecule has 0 aliphatic heterocycles. The molecular weight excluding hydrogens is 245 g/mol. The van der Waals surface area contributed by atoms with E-state index in [0.29, 0.717) is 11.4 Å². The Morgan fingerprint density at radius 2 is 2.16 bits per heavy atom. The molecule has 1 unspecified atom stereocenters. The van der Waals surface area contributed by atoms with Gasteiger partial charge in [-0.2, -0.15) is 5.10 Å². The lowest BCUT2D eigenvalue weighted by Gasteiger charge is -2.24. The molecular formula is C14H18FN3O. The molecule has 0 saturated carbocycles. The van der Waals surface area contributed by atoms with Crippen molar-refractivity contribution in [3.05, 3.63) is 47.8 Å². The maximum absolute atomic E-state index is 13.2. The molecule has 5 heteroatoms. The Kier molecular flexibility index (Phi) is 3.66. The molecule has 1 atom stereocenters. The summed E-state index contributed by atoms with van der Waals surface area (Å²) >= 11 is 0. The first-order valence-corrected chi connectivity index (χ1v) is 6.27. The largest absolute Gasteiger partial charge is 0.385 e. The summed E-state index contributed by atoms with van der Waals surface area (Å²) in [6.07, 6.45) is 1.76. The second-order valence-electron chi connectivity index (χ2n) is 5.18. The van der Waals surface area contributed by atoms with Gasteiger partial charge in [-0.05, 0) is 38.5 Å². The van der Waals surface area contributed by atoms with Gasteiger partial charge in [-0.1, -0.05) is 12.1 Å². The summed E-state index contributed by atoms with van der Waals surface area (Å²) in [5.74, 6) is 0.326. The van der Waals surface area contributed by atoms with Crippen molar-refractivity contribution >= 4 is 0 Å². The van der Waals surface area contributed by atoms with E-state index in [1.54, 1.807) is 23.7 Å². The van der Waals surface area contributed by atoms with Gasteiger partial charge in [-0.25, -0.2) is 14.1 Å². The van der Waals surface area contributed by atoms with Crippen molar-refractivity contribution in [2.75, 3.05) is 0 Å². The van der Waals surface area contributed by atoms with Gasteiger partial charge in [0.25, 0.3) is 0 Å². The molecule has 102 valence electrons. The van der Waals surface area contributed by atoms with Gasteiger partial charge in [0.15, 0.2) is 0 Å². The van der Waals surface area contributed by atoms with Gasteiger partial charge >= 0.3 is 0 Å². The van der Waals surface area contributed by atoms with E-state index < -0.39 is 5.60 Å². The van der Waals surface area contributed by atoms with Crippen LogP contribution in [0.2, 0.25) is 0 Å². The van der Waals surface area contributed by atoms with Crippen LogP contribution in [0.5, 0.6) is 0 Å². The van der Waals surface area contributed by atoms with Crippen LogP contribution in [0, 0.1) is 5.82 Å². The molecule has 0 fully saturated rings. The lowest BCUT2D eigenvalue weighted by Crippen LogP contribution is -2.27. The van der Waals surface area contributed by atoms with Crippen LogP contribution in [0.1, 0.15) is 38.2 Å². The van der Waals surface area contributed by atoms with Gasteiger partial charge in [-0.3, -0.25) is 0 Å². The van der Waals surface area contributed by atoms with E-state index in [1.165, 1.54) is 18.5 Å². The first kappa shape index (κ1) is 13.7. The maximum Gasteiger partial charge on any atom is 0.138 e. The lowest BCUT2D eigenvalue weighted by molar-refractivity contribution is 0.0536. The average Bonchev–Trinajstić information content (AvgIpc) is 2.76. The normalized spacial score (nSPS) is 14.6. The van der Waals surface area contributed by atoms with E-state index in [9.17, 15) is 9.50 Å². The van der Waals surface area contributed by atoms with Crippen molar-refractivity contribution in [3.8, 4) is 0 Å². The van der Waals surface area contributed by atoms with Crippen LogP contribution in [0.25, 0.3) is 0 Å². The Balaban J connectivity index is 2.28. The standard InChI is InChI=1S/C14H18FN3O/c1-10(2)18-13(16-9-17-18)8-14(3,19)11-5-4-6-12(15)7-11/h4-7,9-10,19H,8H2,1-3H3. The summed E-state index contributed by atoms with van der Waals surface area (Å²) in [5, 5.41) is 14.7. The predicted octanol–water partition coefficient (Wildman–Crippen LogP) is 2.45. The van der Waals surface area contributed by atoms with Gasteiger partial charge in [0.2, 0.25) is 0 Å². The molecule has 1 aromatic carbocycles. The van der Waals surface area contributed by atoms with Crippen molar-refractivity contribution in [1.82, 2.24) is 14.8 Å². The SMILES string of the molecule is CC(C)n1ncnc1CC(C)(O)c1cccc(F)c1. The average molecular weight is 263 g/mol. The molecule has 4 nitrogen and oxygen atoms in total. The second kappa shape index (κ2) is 5.09. The number of aliphatic hydroxyl groups is 1. The topological polar surface area (TPSA) is 50.9 Å². The molecule has 0 aliphatic carbocycles. The van der Waals surface area contributed by atoms with Crippen molar-refractivity contribution in [3.63, 3.8) is 0 Å². The number of hydrogen-bond donors (Lipinski definition) is 1. The van der Waals surface area contributed by atoms with Crippen LogP contribution in [0.15, 0.2) is 30.6 Å². The van der Waals surface area contributed by atoms with Crippen molar-refractivity contribution in [2.24, 2.45) is 0 Å². The van der Waals surface area contributed by atoms with Crippen LogP contribution in [0.3, 0.4) is 0 Å². The summed E-state index contributed by atoms with van der Waals surface area (Å²) in [6, 6.07) is 6.17. The van der Waals surface area contributed by atoms with Crippen LogP contribution >= 0.6 is 0 Å². The summed E-state index contributed by atoms with van der Waals surface area (Å²) in [7, 11) is 0. The number of hydrogen-bond acceptors (Lipinski definition) is 3. The van der Waals surface area contributed by atoms with Gasteiger partial charge in [-0.15, -0.1) is 0 Å². The van der Waals surface area contributed by atoms with Gasteiger partial charge in [0.05, 0.1) is 5.60 Å². The van der Waals surface area contributed by atoms with Crippen molar-refractivity contribution < 1.29 is 9.50 Å². The molecule has 1 heterocycles. The summed E-state index contributed by atoms with van der Waals surface area (Å²) in [5.41, 5.74) is -0.646. The molecule has 2 aromatic rings. The number of rotatable bonds is 4. The fourth-order valence-corrected chi connectivity index (χ4v) is 2.07. The number of aromatic nitrogens is 3. The Labute approximate surface area is 111 Å². The molecule has 2 rings (SSSR count). The highest BCUT2D eigenvalue weighted by Crippen LogP contribution is 2.25. The van der Waals surface area contributed by atoms with Crippen LogP contribution in [0.4, 0.5) is 4.39 Å². The van der Waals surface area contributed by atoms with E-state index in [1.807, 2.05) is 13.8 Å². The highest BCUT2D eigenvalue weighted by atomic mass is 19.1. The minimum absolute atomic E-state index is 0.167. The molecule has 0 radical (unpaired) electrons. The van der Waals surface area contributed by atoms with Crippen molar-refractivity contribution in [2.45, 2.75) is 38.8 Å². The molecule has 0 bridgehead atoms. The Morgan fingerprint density at radius 3 is 2.79 bits per heavy atom. The molecule has 0 saturated heterocycles. The molecule has 0 amide bonds. The second-order valence-corrected chi connectivity index (χ2v) is 5.18. The minimum atomic E-state index is -1.18. The third kappa shape index (κ3) is 2.98. The molecule has 1 aromatic heterocycles. The zero-order chi connectivity index (χ0) is 14.0. The summed E-state index contributed by atoms with van der Waals surface area (Å²) in [6.45, 7) is 5.64. The highest BCUT2D eigenvalue weighted by molar-refractivity contribution is 5.23. The molecule has 0 aliphatic rings. The van der Waals surface area contributed by atoms with E-state index in [0.717, 1.165) is 0 Å². The highest BCUT2D eigenvalue weighted by Gasteiger charge is 2.27. The van der Waals surface area contributed by atoms with Gasteiger partial charge < -0.3 is 5.11 Å². The third-order valence-corrected chi connectivity index (χ3v) is 3.09. The molecule has 1 N–H and O–H groups in total. The van der Waals surface area contributed by atoms with Crippen LogP contribution in [-0.2, 0) is 12.0 Å². The number of halogens is 1. The third-order valence-electron chi connectivity index (χ3n) is 3.09. The van der Waals surface area contributed by atoms with Gasteiger partial charge in [0.1, 0.15) is 18.0 Å². The van der Waals surface area contributed by atoms with Crippen molar-refractivity contribution in [1.29, 1.82) is 0 Å². The fourth-order valence-electron chi connectivity index (χ4n) is 2.07. The Hall–Kier alpha value is -1.75. The zero-order valence-electron chi connectivity index (χ0n) is 11.3. The first-order valence-electron chi connectivity index (χ1n) is 6.27. The zero-order valence-corrected chi connectivity index (χ0v) is 11.3. The van der Waals surface area contributed by atoms with E-state index in [2.05, 4.69) is 10.1 Å². The quantitative estimate of drug-likeness (QED) is 0.921. The first-order chi connectivity index (χ1) is 8.90. The lowest BCUT2D eigenvalue weighted by atomic mass is 9.92. The molecule has 19 heavy (non-hydrogen) atoms. The van der Waals surface area contributed by atoms with E-state index >= 15 is 0 Å². The Morgan fingerprint density at radius 1 is 1.42 bits per heavy atom. The minimum Gasteiger partial charge on any atom is -0.385 e. The van der Waals surface area contributed by atoms with Crippen LogP contribution < -0.4 is 0 Å². The number of benzene rings is 1. The smallest absolute Gasteiger partial charge is 0.138 e.